The van der Waals surface area contributed by atoms with Crippen LogP contribution in [-0.2, 0) is 0 Å². The molecule has 9 nitrogen and oxygen atoms in total. The van der Waals surface area contributed by atoms with Crippen LogP contribution in [0.4, 0.5) is 5.82 Å². The minimum Gasteiger partial charge on any atom is -0.493 e. The van der Waals surface area contributed by atoms with E-state index in [1.165, 1.54) is 0 Å². The summed E-state index contributed by atoms with van der Waals surface area (Å²) in [6, 6.07) is 16.3. The number of aromatic nitrogens is 2. The predicted octanol–water partition coefficient (Wildman–Crippen LogP) is 3.99. The summed E-state index contributed by atoms with van der Waals surface area (Å²) in [6.07, 6.45) is 0. The van der Waals surface area contributed by atoms with Crippen molar-refractivity contribution in [3.8, 4) is 22.8 Å². The van der Waals surface area contributed by atoms with Crippen LogP contribution in [0.3, 0.4) is 0 Å². The molecule has 1 aliphatic rings. The SMILES string of the molecule is COc1ccc(-c2ccc(N3CCN(C(=O)c4cc5cc(Br)ccc5oc4=O)CC3)nn2)cc1OC. The maximum absolute atomic E-state index is 13.1. The van der Waals surface area contributed by atoms with Crippen LogP contribution in [0.15, 0.2) is 68.3 Å². The van der Waals surface area contributed by atoms with Gasteiger partial charge < -0.3 is 23.7 Å². The zero-order valence-corrected chi connectivity index (χ0v) is 21.3. The number of carbonyl (C=O) groups excluding carboxylic acids is 1. The zero-order chi connectivity index (χ0) is 25.2. The molecule has 0 N–H and O–H groups in total. The number of piperazine rings is 1. The predicted molar refractivity (Wildman–Crippen MR) is 139 cm³/mol. The first-order valence-electron chi connectivity index (χ1n) is 11.3. The molecule has 4 aromatic rings. The smallest absolute Gasteiger partial charge is 0.349 e. The Morgan fingerprint density at radius 1 is 0.917 bits per heavy atom. The van der Waals surface area contributed by atoms with Gasteiger partial charge in [0.1, 0.15) is 11.1 Å². The highest BCUT2D eigenvalue weighted by atomic mass is 79.9. The number of halogens is 1. The topological polar surface area (TPSA) is 98.0 Å². The maximum atomic E-state index is 13.1. The first-order valence-corrected chi connectivity index (χ1v) is 12.1. The van der Waals surface area contributed by atoms with Crippen molar-refractivity contribution in [1.82, 2.24) is 15.1 Å². The molecule has 1 amide bonds. The number of carbonyl (C=O) groups is 1. The van der Waals surface area contributed by atoms with E-state index in [0.717, 1.165) is 15.9 Å². The monoisotopic (exact) mass is 550 g/mol. The quantitative estimate of drug-likeness (QED) is 0.344. The van der Waals surface area contributed by atoms with Crippen molar-refractivity contribution in [2.24, 2.45) is 0 Å². The highest BCUT2D eigenvalue weighted by Crippen LogP contribution is 2.31. The Hall–Kier alpha value is -3.92. The number of nitrogens with zero attached hydrogens (tertiary/aromatic N) is 4. The van der Waals surface area contributed by atoms with Gasteiger partial charge in [0.05, 0.1) is 19.9 Å². The largest absolute Gasteiger partial charge is 0.493 e. The Balaban J connectivity index is 1.27. The molecule has 0 spiro atoms. The number of rotatable bonds is 5. The van der Waals surface area contributed by atoms with E-state index < -0.39 is 5.63 Å². The van der Waals surface area contributed by atoms with Gasteiger partial charge in [-0.15, -0.1) is 10.2 Å². The van der Waals surface area contributed by atoms with E-state index in [-0.39, 0.29) is 11.5 Å². The van der Waals surface area contributed by atoms with Crippen LogP contribution < -0.4 is 20.0 Å². The summed E-state index contributed by atoms with van der Waals surface area (Å²) in [6.45, 7) is 2.04. The van der Waals surface area contributed by atoms with Gasteiger partial charge in [0.15, 0.2) is 17.3 Å². The Morgan fingerprint density at radius 2 is 1.69 bits per heavy atom. The van der Waals surface area contributed by atoms with E-state index in [1.54, 1.807) is 37.3 Å². The fourth-order valence-electron chi connectivity index (χ4n) is 4.20. The average Bonchev–Trinajstić information content (AvgIpc) is 2.92. The Labute approximate surface area is 215 Å². The summed E-state index contributed by atoms with van der Waals surface area (Å²) in [5.41, 5.74) is 1.42. The molecule has 2 aromatic heterocycles. The normalized spacial score (nSPS) is 13.6. The molecule has 0 aliphatic carbocycles. The number of methoxy groups -OCH3 is 2. The molecule has 0 radical (unpaired) electrons. The van der Waals surface area contributed by atoms with Crippen molar-refractivity contribution in [1.29, 1.82) is 0 Å². The third-order valence-electron chi connectivity index (χ3n) is 6.15. The number of amides is 1. The van der Waals surface area contributed by atoms with Crippen LogP contribution >= 0.6 is 15.9 Å². The first-order chi connectivity index (χ1) is 17.5. The molecule has 10 heteroatoms. The maximum Gasteiger partial charge on any atom is 0.349 e. The molecule has 1 fully saturated rings. The minimum atomic E-state index is -0.631. The van der Waals surface area contributed by atoms with Crippen molar-refractivity contribution >= 4 is 38.6 Å². The van der Waals surface area contributed by atoms with E-state index in [1.807, 2.05) is 36.4 Å². The molecule has 0 bridgehead atoms. The fraction of sp³-hybridized carbons (Fsp3) is 0.231. The van der Waals surface area contributed by atoms with Crippen LogP contribution in [0.5, 0.6) is 11.5 Å². The molecule has 184 valence electrons. The summed E-state index contributed by atoms with van der Waals surface area (Å²) in [5.74, 6) is 1.66. The van der Waals surface area contributed by atoms with Gasteiger partial charge in [0, 0.05) is 41.6 Å². The highest BCUT2D eigenvalue weighted by Gasteiger charge is 2.26. The van der Waals surface area contributed by atoms with Gasteiger partial charge in [-0.3, -0.25) is 4.79 Å². The van der Waals surface area contributed by atoms with Crippen molar-refractivity contribution in [3.05, 3.63) is 75.1 Å². The van der Waals surface area contributed by atoms with Crippen molar-refractivity contribution in [2.45, 2.75) is 0 Å². The summed E-state index contributed by atoms with van der Waals surface area (Å²) in [5, 5.41) is 9.46. The van der Waals surface area contributed by atoms with Crippen molar-refractivity contribution in [2.75, 3.05) is 45.3 Å². The van der Waals surface area contributed by atoms with Crippen molar-refractivity contribution < 1.29 is 18.7 Å². The molecule has 1 aliphatic heterocycles. The van der Waals surface area contributed by atoms with Crippen LogP contribution in [-0.4, -0.2) is 61.4 Å². The lowest BCUT2D eigenvalue weighted by Gasteiger charge is -2.35. The lowest BCUT2D eigenvalue weighted by Crippen LogP contribution is -2.49. The Kier molecular flexibility index (Phi) is 6.60. The molecule has 5 rings (SSSR count). The summed E-state index contributed by atoms with van der Waals surface area (Å²) in [7, 11) is 3.18. The third kappa shape index (κ3) is 4.64. The fourth-order valence-corrected chi connectivity index (χ4v) is 4.57. The molecule has 36 heavy (non-hydrogen) atoms. The van der Waals surface area contributed by atoms with Gasteiger partial charge >= 0.3 is 5.63 Å². The van der Waals surface area contributed by atoms with Crippen LogP contribution in [0.2, 0.25) is 0 Å². The molecule has 2 aromatic carbocycles. The number of hydrogen-bond acceptors (Lipinski definition) is 8. The van der Waals surface area contributed by atoms with Gasteiger partial charge in [-0.2, -0.15) is 0 Å². The summed E-state index contributed by atoms with van der Waals surface area (Å²) >= 11 is 3.41. The van der Waals surface area contributed by atoms with Gasteiger partial charge in [0.2, 0.25) is 0 Å². The number of fused-ring (bicyclic) bond motifs is 1. The van der Waals surface area contributed by atoms with Gasteiger partial charge in [-0.1, -0.05) is 15.9 Å². The van der Waals surface area contributed by atoms with Gasteiger partial charge in [0.25, 0.3) is 5.91 Å². The third-order valence-corrected chi connectivity index (χ3v) is 6.64. The molecular weight excluding hydrogens is 528 g/mol. The number of benzene rings is 2. The second kappa shape index (κ2) is 9.98. The van der Waals surface area contributed by atoms with E-state index in [9.17, 15) is 9.59 Å². The number of anilines is 1. The average molecular weight is 551 g/mol. The zero-order valence-electron chi connectivity index (χ0n) is 19.7. The van der Waals surface area contributed by atoms with Gasteiger partial charge in [-0.25, -0.2) is 4.79 Å². The molecule has 0 atom stereocenters. The molecular formula is C26H23BrN4O5. The number of hydrogen-bond donors (Lipinski definition) is 0. The molecule has 0 unspecified atom stereocenters. The van der Waals surface area contributed by atoms with Crippen molar-refractivity contribution in [3.63, 3.8) is 0 Å². The van der Waals surface area contributed by atoms with Crippen LogP contribution in [0, 0.1) is 0 Å². The first kappa shape index (κ1) is 23.8. The number of ether oxygens (including phenoxy) is 2. The van der Waals surface area contributed by atoms with E-state index in [2.05, 4.69) is 31.0 Å². The summed E-state index contributed by atoms with van der Waals surface area (Å²) in [4.78, 5) is 29.3. The Morgan fingerprint density at radius 3 is 2.39 bits per heavy atom. The molecule has 3 heterocycles. The lowest BCUT2D eigenvalue weighted by atomic mass is 10.1. The van der Waals surface area contributed by atoms with Crippen LogP contribution in [0.25, 0.3) is 22.2 Å². The van der Waals surface area contributed by atoms with E-state index in [0.29, 0.717) is 54.3 Å². The summed E-state index contributed by atoms with van der Waals surface area (Å²) < 4.78 is 16.9. The second-order valence-electron chi connectivity index (χ2n) is 8.26. The van der Waals surface area contributed by atoms with Crippen LogP contribution in [0.1, 0.15) is 10.4 Å². The van der Waals surface area contributed by atoms with E-state index >= 15 is 0 Å². The van der Waals surface area contributed by atoms with Gasteiger partial charge in [-0.05, 0) is 54.6 Å². The molecule has 1 saturated heterocycles. The Bertz CT molecular complexity index is 1480. The molecule has 0 saturated carbocycles. The second-order valence-corrected chi connectivity index (χ2v) is 9.17. The van der Waals surface area contributed by atoms with E-state index in [4.69, 9.17) is 13.9 Å². The minimum absolute atomic E-state index is 0.0353. The standard InChI is InChI=1S/C26H23BrN4O5/c1-34-22-6-3-16(15-23(22)35-2)20-5-8-24(29-28-20)30-9-11-31(12-10-30)25(32)19-14-17-13-18(27)4-7-21(17)36-26(19)33/h3-8,13-15H,9-12H2,1-2H3. The lowest BCUT2D eigenvalue weighted by molar-refractivity contribution is 0.0742. The highest BCUT2D eigenvalue weighted by molar-refractivity contribution is 9.10.